The summed E-state index contributed by atoms with van der Waals surface area (Å²) >= 11 is 5.86. The van der Waals surface area contributed by atoms with Crippen LogP contribution in [0.4, 0.5) is 13.2 Å². The summed E-state index contributed by atoms with van der Waals surface area (Å²) < 4.78 is 40.6. The van der Waals surface area contributed by atoms with Gasteiger partial charge in [-0.25, -0.2) is 0 Å². The van der Waals surface area contributed by atoms with E-state index in [-0.39, 0.29) is 16.1 Å². The van der Waals surface area contributed by atoms with Crippen molar-refractivity contribution in [3.05, 3.63) is 70.2 Å². The molecule has 0 heterocycles. The van der Waals surface area contributed by atoms with Crippen LogP contribution in [0.2, 0.25) is 5.02 Å². The third kappa shape index (κ3) is 2.30. The van der Waals surface area contributed by atoms with E-state index in [2.05, 4.69) is 0 Å². The molecule has 1 N–H and O–H groups in total. The molecule has 0 aliphatic carbocycles. The Morgan fingerprint density at radius 1 is 0.900 bits per heavy atom. The molecule has 0 aliphatic heterocycles. The van der Waals surface area contributed by atoms with E-state index in [9.17, 15) is 18.3 Å². The van der Waals surface area contributed by atoms with Gasteiger partial charge in [0.05, 0.1) is 0 Å². The summed E-state index contributed by atoms with van der Waals surface area (Å²) in [5.41, 5.74) is -3.38. The standard InChI is InChI=1S/C15H12ClF3O/c1-10-6-2-3-7-11(10)14(20,15(17,18)19)12-8-4-5-9-13(12)16/h2-9,20H,1H3. The Kier molecular flexibility index (Phi) is 3.80. The molecule has 106 valence electrons. The van der Waals surface area contributed by atoms with Crippen molar-refractivity contribution in [2.24, 2.45) is 0 Å². The van der Waals surface area contributed by atoms with E-state index in [1.165, 1.54) is 49.4 Å². The number of benzene rings is 2. The third-order valence-electron chi connectivity index (χ3n) is 3.21. The fourth-order valence-electron chi connectivity index (χ4n) is 2.18. The maximum Gasteiger partial charge on any atom is 0.425 e. The lowest BCUT2D eigenvalue weighted by Gasteiger charge is -2.33. The zero-order valence-corrected chi connectivity index (χ0v) is 11.3. The maximum absolute atomic E-state index is 13.5. The van der Waals surface area contributed by atoms with Crippen molar-refractivity contribution in [2.75, 3.05) is 0 Å². The molecule has 0 saturated carbocycles. The zero-order valence-electron chi connectivity index (χ0n) is 10.6. The van der Waals surface area contributed by atoms with Crippen molar-refractivity contribution in [3.63, 3.8) is 0 Å². The molecule has 0 saturated heterocycles. The Morgan fingerprint density at radius 2 is 1.40 bits per heavy atom. The highest BCUT2D eigenvalue weighted by Crippen LogP contribution is 2.47. The summed E-state index contributed by atoms with van der Waals surface area (Å²) in [6.07, 6.45) is -4.88. The lowest BCUT2D eigenvalue weighted by Crippen LogP contribution is -2.44. The van der Waals surface area contributed by atoms with Crippen LogP contribution >= 0.6 is 11.6 Å². The Hall–Kier alpha value is -1.52. The minimum Gasteiger partial charge on any atom is -0.372 e. The van der Waals surface area contributed by atoms with Gasteiger partial charge in [0.1, 0.15) is 0 Å². The largest absolute Gasteiger partial charge is 0.425 e. The predicted molar refractivity (Wildman–Crippen MR) is 71.7 cm³/mol. The van der Waals surface area contributed by atoms with Gasteiger partial charge < -0.3 is 5.11 Å². The van der Waals surface area contributed by atoms with Crippen molar-refractivity contribution in [3.8, 4) is 0 Å². The highest BCUT2D eigenvalue weighted by molar-refractivity contribution is 6.31. The fourth-order valence-corrected chi connectivity index (χ4v) is 2.46. The Morgan fingerprint density at radius 3 is 1.90 bits per heavy atom. The van der Waals surface area contributed by atoms with E-state index in [0.717, 1.165) is 0 Å². The number of rotatable bonds is 2. The molecular formula is C15H12ClF3O. The summed E-state index contributed by atoms with van der Waals surface area (Å²) in [6, 6.07) is 11.3. The predicted octanol–water partition coefficient (Wildman–Crippen LogP) is 4.45. The quantitative estimate of drug-likeness (QED) is 0.869. The Bertz CT molecular complexity index is 577. The van der Waals surface area contributed by atoms with E-state index in [1.54, 1.807) is 6.07 Å². The van der Waals surface area contributed by atoms with Crippen LogP contribution in [0.5, 0.6) is 0 Å². The molecule has 20 heavy (non-hydrogen) atoms. The summed E-state index contributed by atoms with van der Waals surface area (Å²) in [5, 5.41) is 10.3. The van der Waals surface area contributed by atoms with Crippen molar-refractivity contribution in [1.29, 1.82) is 0 Å². The van der Waals surface area contributed by atoms with Crippen LogP contribution < -0.4 is 0 Å². The van der Waals surface area contributed by atoms with E-state index in [1.807, 2.05) is 0 Å². The first-order valence-electron chi connectivity index (χ1n) is 5.88. The topological polar surface area (TPSA) is 20.2 Å². The van der Waals surface area contributed by atoms with E-state index < -0.39 is 11.8 Å². The van der Waals surface area contributed by atoms with Crippen LogP contribution in [-0.2, 0) is 5.60 Å². The fraction of sp³-hybridized carbons (Fsp3) is 0.200. The van der Waals surface area contributed by atoms with Crippen LogP contribution in [-0.4, -0.2) is 11.3 Å². The van der Waals surface area contributed by atoms with Gasteiger partial charge in [-0.2, -0.15) is 13.2 Å². The normalized spacial score (nSPS) is 14.9. The Balaban J connectivity index is 2.78. The van der Waals surface area contributed by atoms with Crippen molar-refractivity contribution >= 4 is 11.6 Å². The number of aliphatic hydroxyl groups is 1. The number of aryl methyl sites for hydroxylation is 1. The minimum absolute atomic E-state index is 0.129. The van der Waals surface area contributed by atoms with E-state index >= 15 is 0 Å². The van der Waals surface area contributed by atoms with Gasteiger partial charge in [-0.05, 0) is 18.6 Å². The van der Waals surface area contributed by atoms with E-state index in [4.69, 9.17) is 11.6 Å². The molecule has 1 unspecified atom stereocenters. The lowest BCUT2D eigenvalue weighted by molar-refractivity contribution is -0.248. The summed E-state index contributed by atoms with van der Waals surface area (Å²) in [6.45, 7) is 1.52. The second-order valence-electron chi connectivity index (χ2n) is 4.50. The molecule has 0 aliphatic rings. The molecule has 0 spiro atoms. The lowest BCUT2D eigenvalue weighted by atomic mass is 9.83. The number of alkyl halides is 3. The number of halogens is 4. The molecule has 0 bridgehead atoms. The molecule has 2 aromatic carbocycles. The van der Waals surface area contributed by atoms with Gasteiger partial charge in [0.15, 0.2) is 0 Å². The average Bonchev–Trinajstić information content (AvgIpc) is 2.37. The van der Waals surface area contributed by atoms with Gasteiger partial charge in [0, 0.05) is 16.1 Å². The smallest absolute Gasteiger partial charge is 0.372 e. The molecule has 1 nitrogen and oxygen atoms in total. The van der Waals surface area contributed by atoms with Crippen molar-refractivity contribution in [1.82, 2.24) is 0 Å². The van der Waals surface area contributed by atoms with Crippen molar-refractivity contribution in [2.45, 2.75) is 18.7 Å². The summed E-state index contributed by atoms with van der Waals surface area (Å²) in [4.78, 5) is 0. The van der Waals surface area contributed by atoms with Crippen LogP contribution in [0.1, 0.15) is 16.7 Å². The monoisotopic (exact) mass is 300 g/mol. The molecule has 0 amide bonds. The first-order valence-corrected chi connectivity index (χ1v) is 6.26. The third-order valence-corrected chi connectivity index (χ3v) is 3.54. The Labute approximate surface area is 119 Å². The van der Waals surface area contributed by atoms with Gasteiger partial charge in [-0.1, -0.05) is 54.1 Å². The SMILES string of the molecule is Cc1ccccc1C(O)(c1ccccc1Cl)C(F)(F)F. The molecule has 0 radical (unpaired) electrons. The van der Waals surface area contributed by atoms with Gasteiger partial charge in [0.2, 0.25) is 5.60 Å². The number of hydrogen-bond acceptors (Lipinski definition) is 1. The molecule has 5 heteroatoms. The molecular weight excluding hydrogens is 289 g/mol. The average molecular weight is 301 g/mol. The van der Waals surface area contributed by atoms with Gasteiger partial charge in [-0.15, -0.1) is 0 Å². The van der Waals surface area contributed by atoms with E-state index in [0.29, 0.717) is 5.56 Å². The van der Waals surface area contributed by atoms with Gasteiger partial charge in [0.25, 0.3) is 0 Å². The maximum atomic E-state index is 13.5. The molecule has 1 atom stereocenters. The molecule has 0 fully saturated rings. The van der Waals surface area contributed by atoms with Gasteiger partial charge in [-0.3, -0.25) is 0 Å². The molecule has 0 aromatic heterocycles. The van der Waals surface area contributed by atoms with Crippen LogP contribution in [0, 0.1) is 6.92 Å². The van der Waals surface area contributed by atoms with Crippen LogP contribution in [0.3, 0.4) is 0 Å². The van der Waals surface area contributed by atoms with Crippen molar-refractivity contribution < 1.29 is 18.3 Å². The van der Waals surface area contributed by atoms with Crippen LogP contribution in [0.25, 0.3) is 0 Å². The molecule has 2 rings (SSSR count). The van der Waals surface area contributed by atoms with Crippen LogP contribution in [0.15, 0.2) is 48.5 Å². The summed E-state index contributed by atoms with van der Waals surface area (Å²) in [5.74, 6) is 0. The zero-order chi connectivity index (χ0) is 15.0. The highest BCUT2D eigenvalue weighted by atomic mass is 35.5. The highest BCUT2D eigenvalue weighted by Gasteiger charge is 2.57. The second-order valence-corrected chi connectivity index (χ2v) is 4.91. The summed E-state index contributed by atoms with van der Waals surface area (Å²) in [7, 11) is 0. The molecule has 2 aromatic rings. The first kappa shape index (κ1) is 14.9. The second kappa shape index (κ2) is 5.11. The minimum atomic E-state index is -4.88. The first-order chi connectivity index (χ1) is 9.28. The van der Waals surface area contributed by atoms with Gasteiger partial charge >= 0.3 is 6.18 Å². The number of hydrogen-bond donors (Lipinski definition) is 1.